The number of ether oxygens (including phenoxy) is 4. The number of aromatic nitrogens is 2. The molecule has 2 rings (SSSR count). The fraction of sp³-hybridized carbons (Fsp3) is 0.471. The van der Waals surface area contributed by atoms with E-state index < -0.39 is 48.1 Å². The summed E-state index contributed by atoms with van der Waals surface area (Å²) >= 11 is 0. The second-order valence-electron chi connectivity index (χ2n) is 5.91. The molecule has 11 nitrogen and oxygen atoms in total. The minimum absolute atomic E-state index is 0.215. The van der Waals surface area contributed by atoms with Gasteiger partial charge in [0.15, 0.2) is 18.4 Å². The highest BCUT2D eigenvalue weighted by molar-refractivity contribution is 5.68. The van der Waals surface area contributed by atoms with Crippen molar-refractivity contribution in [2.24, 2.45) is 0 Å². The quantitative estimate of drug-likeness (QED) is 0.477. The molecular formula is C17H21N3O8. The molecule has 0 aliphatic carbocycles. The Morgan fingerprint density at radius 2 is 1.86 bits per heavy atom. The smallest absolute Gasteiger partial charge is 0.346 e. The van der Waals surface area contributed by atoms with Crippen molar-refractivity contribution >= 4 is 29.8 Å². The molecule has 0 aromatic carbocycles. The Labute approximate surface area is 160 Å². The molecule has 1 aromatic heterocycles. The molecule has 0 bridgehead atoms. The van der Waals surface area contributed by atoms with Gasteiger partial charge in [-0.25, -0.2) is 9.78 Å². The molecule has 1 aromatic rings. The average molecular weight is 395 g/mol. The summed E-state index contributed by atoms with van der Waals surface area (Å²) in [4.78, 5) is 51.8. The van der Waals surface area contributed by atoms with Crippen molar-refractivity contribution in [3.05, 3.63) is 28.8 Å². The van der Waals surface area contributed by atoms with Crippen molar-refractivity contribution in [1.29, 1.82) is 0 Å². The molecule has 0 radical (unpaired) electrons. The van der Waals surface area contributed by atoms with Crippen LogP contribution in [0, 0.1) is 0 Å². The van der Waals surface area contributed by atoms with E-state index in [1.807, 2.05) is 0 Å². The third kappa shape index (κ3) is 5.39. The number of rotatable bonds is 7. The lowest BCUT2D eigenvalue weighted by atomic mass is 10.1. The van der Waals surface area contributed by atoms with Gasteiger partial charge in [0.2, 0.25) is 0 Å². The number of carbonyl (C=O) groups excluding carboxylic acids is 3. The second-order valence-corrected chi connectivity index (χ2v) is 5.91. The molecule has 0 spiro atoms. The van der Waals surface area contributed by atoms with Crippen LogP contribution < -0.4 is 11.0 Å². The summed E-state index contributed by atoms with van der Waals surface area (Å²) in [6.45, 7) is 6.98. The van der Waals surface area contributed by atoms with Gasteiger partial charge in [-0.15, -0.1) is 0 Å². The second kappa shape index (κ2) is 9.13. The van der Waals surface area contributed by atoms with E-state index in [-0.39, 0.29) is 12.4 Å². The summed E-state index contributed by atoms with van der Waals surface area (Å²) < 4.78 is 21.2. The van der Waals surface area contributed by atoms with Gasteiger partial charge in [0.1, 0.15) is 18.5 Å². The molecule has 4 atom stereocenters. The van der Waals surface area contributed by atoms with E-state index in [0.29, 0.717) is 5.56 Å². The largest absolute Gasteiger partial charge is 0.463 e. The normalized spacial score (nSPS) is 23.5. The van der Waals surface area contributed by atoms with Gasteiger partial charge in [-0.05, 0) is 0 Å². The van der Waals surface area contributed by atoms with Gasteiger partial charge in [-0.2, -0.15) is 0 Å². The van der Waals surface area contributed by atoms with Crippen molar-refractivity contribution in [3.63, 3.8) is 0 Å². The number of esters is 3. The lowest BCUT2D eigenvalue weighted by Crippen LogP contribution is -2.43. The Morgan fingerprint density at radius 3 is 2.43 bits per heavy atom. The van der Waals surface area contributed by atoms with Gasteiger partial charge >= 0.3 is 23.6 Å². The number of nitrogens with one attached hydrogen (secondary N) is 2. The number of hydrogen-bond donors (Lipinski definition) is 2. The van der Waals surface area contributed by atoms with E-state index in [4.69, 9.17) is 18.9 Å². The average Bonchev–Trinajstić information content (AvgIpc) is 2.89. The van der Waals surface area contributed by atoms with Gasteiger partial charge < -0.3 is 24.3 Å². The first-order chi connectivity index (χ1) is 13.2. The molecule has 2 N–H and O–H groups in total. The maximum absolute atomic E-state index is 11.6. The molecule has 1 aliphatic rings. The minimum Gasteiger partial charge on any atom is -0.463 e. The molecular weight excluding hydrogens is 374 g/mol. The first-order valence-corrected chi connectivity index (χ1v) is 8.32. The van der Waals surface area contributed by atoms with Gasteiger partial charge in [-0.3, -0.25) is 19.4 Å². The third-order valence-electron chi connectivity index (χ3n) is 3.71. The van der Waals surface area contributed by atoms with Gasteiger partial charge in [0.25, 0.3) is 0 Å². The standard InChI is InChI=1S/C17H21N3O8/c1-5-11-6-18-17(24)20-15(11)19-16-14(27-10(4)23)13(26-9(3)22)12(28-16)7-25-8(2)21/h5-6,12-14,16H,1,7H2,2-4H3,(H2,18,19,20,24)/t12-,13+,14-,16-/m1/s1. The maximum Gasteiger partial charge on any atom is 0.346 e. The van der Waals surface area contributed by atoms with E-state index in [1.165, 1.54) is 33.0 Å². The van der Waals surface area contributed by atoms with Crippen LogP contribution in [-0.2, 0) is 33.3 Å². The molecule has 0 amide bonds. The molecule has 0 unspecified atom stereocenters. The molecule has 28 heavy (non-hydrogen) atoms. The van der Waals surface area contributed by atoms with Crippen molar-refractivity contribution in [2.45, 2.75) is 45.3 Å². The van der Waals surface area contributed by atoms with Crippen LogP contribution in [0.25, 0.3) is 6.08 Å². The van der Waals surface area contributed by atoms with Crippen LogP contribution in [0.3, 0.4) is 0 Å². The molecule has 11 heteroatoms. The highest BCUT2D eigenvalue weighted by atomic mass is 16.7. The highest BCUT2D eigenvalue weighted by Gasteiger charge is 2.50. The Kier molecular flexibility index (Phi) is 6.88. The van der Waals surface area contributed by atoms with Crippen LogP contribution >= 0.6 is 0 Å². The SMILES string of the molecule is C=Cc1cnc(=O)[nH]c1N[C@@H]1O[C@H](COC(C)=O)[C@H](OC(C)=O)[C@H]1OC(C)=O. The number of nitrogens with zero attached hydrogens (tertiary/aromatic N) is 1. The summed E-state index contributed by atoms with van der Waals surface area (Å²) in [5.41, 5.74) is -0.166. The summed E-state index contributed by atoms with van der Waals surface area (Å²) in [6.07, 6.45) is -1.30. The van der Waals surface area contributed by atoms with Gasteiger partial charge in [0, 0.05) is 32.5 Å². The fourth-order valence-electron chi connectivity index (χ4n) is 2.65. The highest BCUT2D eigenvalue weighted by Crippen LogP contribution is 2.29. The van der Waals surface area contributed by atoms with E-state index in [9.17, 15) is 19.2 Å². The summed E-state index contributed by atoms with van der Waals surface area (Å²) in [6, 6.07) is 0. The number of H-pyrrole nitrogens is 1. The topological polar surface area (TPSA) is 146 Å². The van der Waals surface area contributed by atoms with E-state index in [1.54, 1.807) is 0 Å². The van der Waals surface area contributed by atoms with Crippen LogP contribution in [0.2, 0.25) is 0 Å². The maximum atomic E-state index is 11.6. The van der Waals surface area contributed by atoms with Crippen molar-refractivity contribution in [3.8, 4) is 0 Å². The predicted molar refractivity (Wildman–Crippen MR) is 95.0 cm³/mol. The van der Waals surface area contributed by atoms with E-state index >= 15 is 0 Å². The van der Waals surface area contributed by atoms with Crippen LogP contribution in [0.4, 0.5) is 5.82 Å². The lowest BCUT2D eigenvalue weighted by molar-refractivity contribution is -0.165. The van der Waals surface area contributed by atoms with Crippen LogP contribution in [0.15, 0.2) is 17.6 Å². The minimum atomic E-state index is -1.07. The molecule has 1 saturated heterocycles. The Bertz CT molecular complexity index is 821. The number of carbonyl (C=O) groups is 3. The monoisotopic (exact) mass is 395 g/mol. The Morgan fingerprint density at radius 1 is 1.21 bits per heavy atom. The summed E-state index contributed by atoms with van der Waals surface area (Å²) in [5, 5.41) is 2.88. The third-order valence-corrected chi connectivity index (χ3v) is 3.71. The van der Waals surface area contributed by atoms with E-state index in [0.717, 1.165) is 0 Å². The zero-order valence-electron chi connectivity index (χ0n) is 15.6. The molecule has 1 aliphatic heterocycles. The first kappa shape index (κ1) is 21.1. The molecule has 0 saturated carbocycles. The summed E-state index contributed by atoms with van der Waals surface area (Å²) in [5.74, 6) is -1.62. The van der Waals surface area contributed by atoms with E-state index in [2.05, 4.69) is 21.9 Å². The first-order valence-electron chi connectivity index (χ1n) is 8.32. The zero-order valence-corrected chi connectivity index (χ0v) is 15.6. The van der Waals surface area contributed by atoms with Crippen molar-refractivity contribution in [2.75, 3.05) is 11.9 Å². The predicted octanol–water partition coefficient (Wildman–Crippen LogP) is -0.0238. The lowest BCUT2D eigenvalue weighted by Gasteiger charge is -2.24. The van der Waals surface area contributed by atoms with Crippen molar-refractivity contribution < 1.29 is 33.3 Å². The molecule has 1 fully saturated rings. The van der Waals surface area contributed by atoms with Crippen LogP contribution in [0.1, 0.15) is 26.3 Å². The molecule has 152 valence electrons. The van der Waals surface area contributed by atoms with Crippen LogP contribution in [0.5, 0.6) is 0 Å². The Balaban J connectivity index is 2.34. The van der Waals surface area contributed by atoms with Crippen molar-refractivity contribution in [1.82, 2.24) is 9.97 Å². The number of aromatic amines is 1. The van der Waals surface area contributed by atoms with Gasteiger partial charge in [-0.1, -0.05) is 12.7 Å². The number of hydrogen-bond acceptors (Lipinski definition) is 10. The molecule has 2 heterocycles. The van der Waals surface area contributed by atoms with Crippen LogP contribution in [-0.4, -0.2) is 59.0 Å². The van der Waals surface area contributed by atoms with Gasteiger partial charge in [0.05, 0.1) is 0 Å². The Hall–Kier alpha value is -3.21. The summed E-state index contributed by atoms with van der Waals surface area (Å²) in [7, 11) is 0. The fourth-order valence-corrected chi connectivity index (χ4v) is 2.65. The zero-order chi connectivity index (χ0) is 20.8. The number of anilines is 1.